The fourth-order valence-electron chi connectivity index (χ4n) is 2.60. The highest BCUT2D eigenvalue weighted by Crippen LogP contribution is 2.31. The van der Waals surface area contributed by atoms with E-state index < -0.39 is 0 Å². The zero-order chi connectivity index (χ0) is 12.8. The Labute approximate surface area is 110 Å². The van der Waals surface area contributed by atoms with Gasteiger partial charge in [0.25, 0.3) is 0 Å². The van der Waals surface area contributed by atoms with Crippen LogP contribution in [0.1, 0.15) is 39.5 Å². The van der Waals surface area contributed by atoms with Gasteiger partial charge in [-0.1, -0.05) is 20.3 Å². The van der Waals surface area contributed by atoms with Crippen LogP contribution in [0.4, 0.5) is 5.82 Å². The molecule has 0 aliphatic heterocycles. The molecule has 18 heavy (non-hydrogen) atoms. The number of hydrogen-bond acceptors (Lipinski definition) is 3. The summed E-state index contributed by atoms with van der Waals surface area (Å²) < 4.78 is 5.70. The van der Waals surface area contributed by atoms with E-state index in [2.05, 4.69) is 24.1 Å². The Hall–Kier alpha value is -1.25. The van der Waals surface area contributed by atoms with Gasteiger partial charge in [-0.15, -0.1) is 0 Å². The highest BCUT2D eigenvalue weighted by molar-refractivity contribution is 5.49. The third-order valence-electron chi connectivity index (χ3n) is 3.59. The van der Waals surface area contributed by atoms with Crippen LogP contribution in [0.2, 0.25) is 0 Å². The molecular weight excluding hydrogens is 224 g/mol. The van der Waals surface area contributed by atoms with Crippen LogP contribution in [0.5, 0.6) is 5.75 Å². The fourth-order valence-corrected chi connectivity index (χ4v) is 2.60. The van der Waals surface area contributed by atoms with Crippen LogP contribution < -0.4 is 10.1 Å². The van der Waals surface area contributed by atoms with E-state index in [1.807, 2.05) is 18.3 Å². The minimum Gasteiger partial charge on any atom is -0.490 e. The molecule has 1 fully saturated rings. The molecule has 0 radical (unpaired) electrons. The maximum absolute atomic E-state index is 5.70. The van der Waals surface area contributed by atoms with E-state index in [4.69, 9.17) is 4.74 Å². The van der Waals surface area contributed by atoms with E-state index in [1.54, 1.807) is 0 Å². The van der Waals surface area contributed by atoms with Gasteiger partial charge in [-0.25, -0.2) is 4.98 Å². The SMILES string of the molecule is CCCOc1cccnc1NCC1CCC(C)C1. The Morgan fingerprint density at radius 2 is 2.33 bits per heavy atom. The number of nitrogens with one attached hydrogen (secondary N) is 1. The average molecular weight is 248 g/mol. The van der Waals surface area contributed by atoms with Gasteiger partial charge in [-0.2, -0.15) is 0 Å². The van der Waals surface area contributed by atoms with E-state index >= 15 is 0 Å². The summed E-state index contributed by atoms with van der Waals surface area (Å²) in [6, 6.07) is 3.91. The van der Waals surface area contributed by atoms with Gasteiger partial charge in [-0.3, -0.25) is 0 Å². The fraction of sp³-hybridized carbons (Fsp3) is 0.667. The molecule has 1 aromatic rings. The normalized spacial score (nSPS) is 23.0. The lowest BCUT2D eigenvalue weighted by Gasteiger charge is -2.14. The summed E-state index contributed by atoms with van der Waals surface area (Å²) in [6.07, 6.45) is 6.89. The molecule has 0 saturated heterocycles. The Morgan fingerprint density at radius 3 is 3.06 bits per heavy atom. The van der Waals surface area contributed by atoms with Crippen molar-refractivity contribution in [2.24, 2.45) is 11.8 Å². The van der Waals surface area contributed by atoms with Crippen molar-refractivity contribution in [2.45, 2.75) is 39.5 Å². The Balaban J connectivity index is 1.88. The molecule has 0 bridgehead atoms. The molecule has 2 atom stereocenters. The first-order valence-corrected chi connectivity index (χ1v) is 7.11. The maximum atomic E-state index is 5.70. The van der Waals surface area contributed by atoms with E-state index in [-0.39, 0.29) is 0 Å². The molecule has 1 aliphatic carbocycles. The van der Waals surface area contributed by atoms with Gasteiger partial charge in [0.05, 0.1) is 6.61 Å². The molecule has 1 heterocycles. The molecular formula is C15H24N2O. The van der Waals surface area contributed by atoms with Crippen molar-refractivity contribution >= 4 is 5.82 Å². The van der Waals surface area contributed by atoms with E-state index in [0.717, 1.165) is 43.0 Å². The lowest BCUT2D eigenvalue weighted by molar-refractivity contribution is 0.317. The third kappa shape index (κ3) is 3.62. The second-order valence-corrected chi connectivity index (χ2v) is 5.36. The van der Waals surface area contributed by atoms with Crippen molar-refractivity contribution in [3.8, 4) is 5.75 Å². The minimum atomic E-state index is 0.751. The summed E-state index contributed by atoms with van der Waals surface area (Å²) in [4.78, 5) is 4.38. The van der Waals surface area contributed by atoms with Gasteiger partial charge < -0.3 is 10.1 Å². The van der Waals surface area contributed by atoms with Crippen LogP contribution in [0.3, 0.4) is 0 Å². The first-order chi connectivity index (χ1) is 8.79. The maximum Gasteiger partial charge on any atom is 0.168 e. The number of aromatic nitrogens is 1. The predicted octanol–water partition coefficient (Wildman–Crippen LogP) is 3.72. The van der Waals surface area contributed by atoms with Crippen LogP contribution in [-0.2, 0) is 0 Å². The molecule has 0 spiro atoms. The second kappa shape index (κ2) is 6.62. The summed E-state index contributed by atoms with van der Waals surface area (Å²) in [5.74, 6) is 3.45. The molecule has 1 saturated carbocycles. The summed E-state index contributed by atoms with van der Waals surface area (Å²) in [5.41, 5.74) is 0. The topological polar surface area (TPSA) is 34.1 Å². The Kier molecular flexibility index (Phi) is 4.85. The van der Waals surface area contributed by atoms with Crippen LogP contribution in [0, 0.1) is 11.8 Å². The molecule has 1 N–H and O–H groups in total. The van der Waals surface area contributed by atoms with E-state index in [0.29, 0.717) is 0 Å². The zero-order valence-electron chi connectivity index (χ0n) is 11.5. The molecule has 3 heteroatoms. The zero-order valence-corrected chi connectivity index (χ0v) is 11.5. The Morgan fingerprint density at radius 1 is 1.44 bits per heavy atom. The first-order valence-electron chi connectivity index (χ1n) is 7.11. The van der Waals surface area contributed by atoms with E-state index in [9.17, 15) is 0 Å². The molecule has 3 nitrogen and oxygen atoms in total. The highest BCUT2D eigenvalue weighted by Gasteiger charge is 2.21. The number of ether oxygens (including phenoxy) is 1. The molecule has 1 aromatic heterocycles. The Bertz CT molecular complexity index is 367. The highest BCUT2D eigenvalue weighted by atomic mass is 16.5. The van der Waals surface area contributed by atoms with Gasteiger partial charge in [0.1, 0.15) is 0 Å². The molecule has 100 valence electrons. The van der Waals surface area contributed by atoms with Crippen molar-refractivity contribution in [3.05, 3.63) is 18.3 Å². The quantitative estimate of drug-likeness (QED) is 0.833. The van der Waals surface area contributed by atoms with Gasteiger partial charge in [0.15, 0.2) is 11.6 Å². The van der Waals surface area contributed by atoms with Gasteiger partial charge >= 0.3 is 0 Å². The molecule has 0 aromatic carbocycles. The van der Waals surface area contributed by atoms with Gasteiger partial charge in [0.2, 0.25) is 0 Å². The third-order valence-corrected chi connectivity index (χ3v) is 3.59. The summed E-state index contributed by atoms with van der Waals surface area (Å²) in [7, 11) is 0. The lowest BCUT2D eigenvalue weighted by atomic mass is 10.1. The van der Waals surface area contributed by atoms with Gasteiger partial charge in [0, 0.05) is 12.7 Å². The number of rotatable bonds is 6. The number of hydrogen-bond donors (Lipinski definition) is 1. The van der Waals surface area contributed by atoms with Crippen LogP contribution >= 0.6 is 0 Å². The number of nitrogens with zero attached hydrogens (tertiary/aromatic N) is 1. The molecule has 1 aliphatic rings. The van der Waals surface area contributed by atoms with Crippen LogP contribution in [-0.4, -0.2) is 18.1 Å². The minimum absolute atomic E-state index is 0.751. The van der Waals surface area contributed by atoms with Crippen molar-refractivity contribution < 1.29 is 4.74 Å². The van der Waals surface area contributed by atoms with Crippen LogP contribution in [0.15, 0.2) is 18.3 Å². The van der Waals surface area contributed by atoms with Crippen LogP contribution in [0.25, 0.3) is 0 Å². The monoisotopic (exact) mass is 248 g/mol. The average Bonchev–Trinajstić information content (AvgIpc) is 2.81. The van der Waals surface area contributed by atoms with Crippen molar-refractivity contribution in [1.82, 2.24) is 4.98 Å². The smallest absolute Gasteiger partial charge is 0.168 e. The standard InChI is InChI=1S/C15H24N2O/c1-3-9-18-14-5-4-8-16-15(14)17-11-13-7-6-12(2)10-13/h4-5,8,12-13H,3,6-7,9-11H2,1-2H3,(H,16,17). The molecule has 0 amide bonds. The number of anilines is 1. The summed E-state index contributed by atoms with van der Waals surface area (Å²) in [6.45, 7) is 6.23. The van der Waals surface area contributed by atoms with Crippen molar-refractivity contribution in [1.29, 1.82) is 0 Å². The summed E-state index contributed by atoms with van der Waals surface area (Å²) in [5, 5.41) is 3.45. The molecule has 2 unspecified atom stereocenters. The summed E-state index contributed by atoms with van der Waals surface area (Å²) >= 11 is 0. The lowest BCUT2D eigenvalue weighted by Crippen LogP contribution is -2.13. The van der Waals surface area contributed by atoms with Crippen molar-refractivity contribution in [3.63, 3.8) is 0 Å². The predicted molar refractivity (Wildman–Crippen MR) is 75.0 cm³/mol. The van der Waals surface area contributed by atoms with E-state index in [1.165, 1.54) is 19.3 Å². The largest absolute Gasteiger partial charge is 0.490 e. The molecule has 2 rings (SSSR count). The van der Waals surface area contributed by atoms with Crippen molar-refractivity contribution in [2.75, 3.05) is 18.5 Å². The van der Waals surface area contributed by atoms with Gasteiger partial charge in [-0.05, 0) is 43.2 Å². The number of pyridine rings is 1. The first kappa shape index (κ1) is 13.2. The second-order valence-electron chi connectivity index (χ2n) is 5.36.